The van der Waals surface area contributed by atoms with Crippen LogP contribution in [0, 0.1) is 10.1 Å². The Morgan fingerprint density at radius 1 is 1.02 bits per heavy atom. The Hall–Kier alpha value is -3.74. The Morgan fingerprint density at radius 3 is 2.24 bits per heavy atom. The third-order valence-electron chi connectivity index (χ3n) is 7.52. The van der Waals surface area contributed by atoms with Gasteiger partial charge in [0, 0.05) is 54.4 Å². The summed E-state index contributed by atoms with van der Waals surface area (Å²) in [5.41, 5.74) is 5.37. The summed E-state index contributed by atoms with van der Waals surface area (Å²) in [5, 5.41) is 17.8. The molecular formula is C28H36F3N5O5. The van der Waals surface area contributed by atoms with Crippen molar-refractivity contribution < 1.29 is 32.4 Å². The number of hydrogen-bond donors (Lipinski definition) is 3. The fourth-order valence-corrected chi connectivity index (χ4v) is 5.32. The van der Waals surface area contributed by atoms with Gasteiger partial charge in [0.25, 0.3) is 0 Å². The summed E-state index contributed by atoms with van der Waals surface area (Å²) in [6.45, 7) is 3.23. The van der Waals surface area contributed by atoms with Crippen molar-refractivity contribution in [1.29, 1.82) is 0 Å². The largest absolute Gasteiger partial charge is 0.487 e. The van der Waals surface area contributed by atoms with Gasteiger partial charge in [0.1, 0.15) is 6.61 Å². The standard InChI is InChI=1S/C28H36F3N5O5/c1-2-40-26-16-21(6-10-25(26)36(38)39)34-19-11-13-35(14-12-19)27(37)17-41-22-7-3-18(4-8-22)33-20-5-9-24(32)23(15-20)28(29,30)31/h5-6,9-10,15-16,18-19,22,33-34H,2-4,7-8,11-14,17,32H2,1H3. The molecule has 0 aromatic heterocycles. The minimum Gasteiger partial charge on any atom is -0.487 e. The van der Waals surface area contributed by atoms with E-state index in [-0.39, 0.29) is 47.8 Å². The van der Waals surface area contributed by atoms with Crippen molar-refractivity contribution in [2.75, 3.05) is 42.7 Å². The number of benzene rings is 2. The molecule has 1 saturated carbocycles. The van der Waals surface area contributed by atoms with Crippen molar-refractivity contribution in [2.45, 2.75) is 69.8 Å². The van der Waals surface area contributed by atoms with Crippen LogP contribution in [0.4, 0.5) is 35.9 Å². The molecule has 0 atom stereocenters. The van der Waals surface area contributed by atoms with E-state index < -0.39 is 16.7 Å². The Labute approximate surface area is 236 Å². The zero-order valence-corrected chi connectivity index (χ0v) is 22.9. The first-order valence-electron chi connectivity index (χ1n) is 13.8. The van der Waals surface area contributed by atoms with E-state index in [1.54, 1.807) is 30.0 Å². The average Bonchev–Trinajstić information content (AvgIpc) is 2.93. The molecule has 1 amide bonds. The lowest BCUT2D eigenvalue weighted by atomic mass is 9.92. The van der Waals surface area contributed by atoms with Crippen molar-refractivity contribution in [3.63, 3.8) is 0 Å². The van der Waals surface area contributed by atoms with E-state index in [1.165, 1.54) is 12.1 Å². The smallest absolute Gasteiger partial charge is 0.418 e. The third kappa shape index (κ3) is 8.15. The predicted molar refractivity (Wildman–Crippen MR) is 149 cm³/mol. The maximum Gasteiger partial charge on any atom is 0.418 e. The second kappa shape index (κ2) is 13.3. The second-order valence-corrected chi connectivity index (χ2v) is 10.4. The monoisotopic (exact) mass is 579 g/mol. The van der Waals surface area contributed by atoms with Crippen LogP contribution >= 0.6 is 0 Å². The minimum atomic E-state index is -4.51. The van der Waals surface area contributed by atoms with Crippen LogP contribution in [0.15, 0.2) is 36.4 Å². The van der Waals surface area contributed by atoms with Gasteiger partial charge in [-0.3, -0.25) is 14.9 Å². The summed E-state index contributed by atoms with van der Waals surface area (Å²) in [6, 6.07) is 8.70. The number of nitrogens with one attached hydrogen (secondary N) is 2. The van der Waals surface area contributed by atoms with Crippen molar-refractivity contribution >= 4 is 28.7 Å². The van der Waals surface area contributed by atoms with Crippen molar-refractivity contribution in [1.82, 2.24) is 4.90 Å². The molecule has 1 aliphatic heterocycles. The van der Waals surface area contributed by atoms with Crippen molar-refractivity contribution in [3.05, 3.63) is 52.1 Å². The number of nitro groups is 1. The number of amides is 1. The first-order valence-corrected chi connectivity index (χ1v) is 13.8. The molecule has 0 radical (unpaired) electrons. The van der Waals surface area contributed by atoms with Gasteiger partial charge < -0.3 is 30.7 Å². The summed E-state index contributed by atoms with van der Waals surface area (Å²) in [4.78, 5) is 25.3. The molecule has 41 heavy (non-hydrogen) atoms. The fraction of sp³-hybridized carbons (Fsp3) is 0.536. The van der Waals surface area contributed by atoms with E-state index in [9.17, 15) is 28.1 Å². The molecule has 2 aromatic carbocycles. The number of ether oxygens (including phenoxy) is 2. The molecule has 2 aliphatic rings. The lowest BCUT2D eigenvalue weighted by molar-refractivity contribution is -0.385. The van der Waals surface area contributed by atoms with Crippen LogP contribution in [0.5, 0.6) is 5.75 Å². The van der Waals surface area contributed by atoms with Gasteiger partial charge in [-0.25, -0.2) is 0 Å². The molecular weight excluding hydrogens is 543 g/mol. The topological polar surface area (TPSA) is 132 Å². The van der Waals surface area contributed by atoms with Crippen LogP contribution in [-0.4, -0.2) is 60.2 Å². The van der Waals surface area contributed by atoms with E-state index in [0.29, 0.717) is 38.2 Å². The van der Waals surface area contributed by atoms with Crippen LogP contribution in [0.25, 0.3) is 0 Å². The number of halogens is 3. The predicted octanol–water partition coefficient (Wildman–Crippen LogP) is 5.44. The number of rotatable bonds is 10. The van der Waals surface area contributed by atoms with E-state index in [2.05, 4.69) is 10.6 Å². The van der Waals surface area contributed by atoms with Crippen molar-refractivity contribution in [3.8, 4) is 5.75 Å². The fourth-order valence-electron chi connectivity index (χ4n) is 5.32. The zero-order valence-electron chi connectivity index (χ0n) is 22.9. The highest BCUT2D eigenvalue weighted by Crippen LogP contribution is 2.36. The number of piperidine rings is 1. The highest BCUT2D eigenvalue weighted by Gasteiger charge is 2.33. The lowest BCUT2D eigenvalue weighted by Gasteiger charge is -2.34. The first-order chi connectivity index (χ1) is 19.5. The highest BCUT2D eigenvalue weighted by molar-refractivity contribution is 5.77. The van der Waals surface area contributed by atoms with E-state index in [0.717, 1.165) is 37.4 Å². The van der Waals surface area contributed by atoms with Crippen LogP contribution < -0.4 is 21.1 Å². The summed E-state index contributed by atoms with van der Waals surface area (Å²) >= 11 is 0. The number of carbonyl (C=O) groups excluding carboxylic acids is 1. The summed E-state index contributed by atoms with van der Waals surface area (Å²) in [6.07, 6.45) is -0.282. The molecule has 0 unspecified atom stereocenters. The molecule has 13 heteroatoms. The first kappa shape index (κ1) is 30.2. The van der Waals surface area contributed by atoms with E-state index >= 15 is 0 Å². The van der Waals surface area contributed by atoms with E-state index in [1.807, 2.05) is 0 Å². The van der Waals surface area contributed by atoms with Crippen LogP contribution in [0.3, 0.4) is 0 Å². The van der Waals surface area contributed by atoms with Gasteiger partial charge in [-0.15, -0.1) is 0 Å². The van der Waals surface area contributed by atoms with Gasteiger partial charge in [0.05, 0.1) is 23.2 Å². The molecule has 224 valence electrons. The maximum absolute atomic E-state index is 13.1. The molecule has 4 N–H and O–H groups in total. The van der Waals surface area contributed by atoms with Gasteiger partial charge in [-0.1, -0.05) is 0 Å². The number of alkyl halides is 3. The number of anilines is 3. The summed E-state index contributed by atoms with van der Waals surface area (Å²) in [5.74, 6) is 0.150. The highest BCUT2D eigenvalue weighted by atomic mass is 19.4. The zero-order chi connectivity index (χ0) is 29.6. The number of nitrogens with zero attached hydrogens (tertiary/aromatic N) is 2. The molecule has 1 aliphatic carbocycles. The van der Waals surface area contributed by atoms with Gasteiger partial charge in [0.15, 0.2) is 5.75 Å². The second-order valence-electron chi connectivity index (χ2n) is 10.4. The minimum absolute atomic E-state index is 0.00612. The number of nitrogens with two attached hydrogens (primary N) is 1. The van der Waals surface area contributed by atoms with Crippen LogP contribution in [-0.2, 0) is 15.7 Å². The summed E-state index contributed by atoms with van der Waals surface area (Å²) in [7, 11) is 0. The van der Waals surface area contributed by atoms with Crippen LogP contribution in [0.2, 0.25) is 0 Å². The van der Waals surface area contributed by atoms with E-state index in [4.69, 9.17) is 15.2 Å². The van der Waals surface area contributed by atoms with Crippen molar-refractivity contribution in [2.24, 2.45) is 0 Å². The quantitative estimate of drug-likeness (QED) is 0.193. The number of likely N-dealkylation sites (tertiary alicyclic amines) is 1. The number of nitro benzene ring substituents is 1. The molecule has 0 bridgehead atoms. The molecule has 2 aromatic rings. The average molecular weight is 580 g/mol. The molecule has 1 heterocycles. The molecule has 0 spiro atoms. The van der Waals surface area contributed by atoms with Gasteiger partial charge >= 0.3 is 11.9 Å². The Bertz CT molecular complexity index is 1210. The van der Waals surface area contributed by atoms with Gasteiger partial charge in [0.2, 0.25) is 5.91 Å². The molecule has 10 nitrogen and oxygen atoms in total. The SMILES string of the molecule is CCOc1cc(NC2CCN(C(=O)COC3CCC(Nc4ccc(N)c(C(F)(F)F)c4)CC3)CC2)ccc1[N+](=O)[O-]. The normalized spacial score (nSPS) is 20.0. The van der Waals surface area contributed by atoms with Gasteiger partial charge in [-0.2, -0.15) is 13.2 Å². The van der Waals surface area contributed by atoms with Crippen LogP contribution in [0.1, 0.15) is 51.0 Å². The number of carbonyl (C=O) groups is 1. The Morgan fingerprint density at radius 2 is 1.63 bits per heavy atom. The Kier molecular flexibility index (Phi) is 9.79. The summed E-state index contributed by atoms with van der Waals surface area (Å²) < 4.78 is 50.7. The lowest BCUT2D eigenvalue weighted by Crippen LogP contribution is -2.44. The maximum atomic E-state index is 13.1. The molecule has 2 fully saturated rings. The molecule has 4 rings (SSSR count). The molecule has 1 saturated heterocycles. The van der Waals surface area contributed by atoms with Gasteiger partial charge in [-0.05, 0) is 69.7 Å². The number of nitrogen functional groups attached to an aromatic ring is 1. The number of hydrogen-bond acceptors (Lipinski definition) is 8. The third-order valence-corrected chi connectivity index (χ3v) is 7.52. The Balaban J connectivity index is 1.17.